The minimum Gasteiger partial charge on any atom is -0.489 e. The minimum absolute atomic E-state index is 0.173. The summed E-state index contributed by atoms with van der Waals surface area (Å²) >= 11 is 5.87. The quantitative estimate of drug-likeness (QED) is 0.679. The van der Waals surface area contributed by atoms with Crippen LogP contribution in [0.4, 0.5) is 5.69 Å². The molecule has 1 heterocycles. The van der Waals surface area contributed by atoms with Gasteiger partial charge in [0.25, 0.3) is 5.91 Å². The summed E-state index contributed by atoms with van der Waals surface area (Å²) in [4.78, 5) is 12.7. The normalized spacial score (nSPS) is 10.6. The maximum atomic E-state index is 12.7. The molecule has 0 unspecified atom stereocenters. The minimum atomic E-state index is -0.328. The van der Waals surface area contributed by atoms with Gasteiger partial charge in [0, 0.05) is 10.7 Å². The lowest BCUT2D eigenvalue weighted by molar-refractivity contribution is 0.101. The Morgan fingerprint density at radius 3 is 2.62 bits per heavy atom. The lowest BCUT2D eigenvalue weighted by Crippen LogP contribution is -2.16. The Bertz CT molecular complexity index is 933. The first-order chi connectivity index (χ1) is 12.5. The van der Waals surface area contributed by atoms with Crippen LogP contribution in [0.25, 0.3) is 0 Å². The van der Waals surface area contributed by atoms with Crippen molar-refractivity contribution >= 4 is 23.2 Å². The molecule has 0 aliphatic heterocycles. The van der Waals surface area contributed by atoms with Crippen molar-refractivity contribution < 1.29 is 14.1 Å². The number of hydrogen-bond acceptors (Lipinski definition) is 4. The summed E-state index contributed by atoms with van der Waals surface area (Å²) in [7, 11) is 0. The molecule has 26 heavy (non-hydrogen) atoms. The second-order valence-electron chi connectivity index (χ2n) is 6.01. The fourth-order valence-corrected chi connectivity index (χ4v) is 2.62. The summed E-state index contributed by atoms with van der Waals surface area (Å²) in [6.45, 7) is 5.88. The van der Waals surface area contributed by atoms with E-state index in [9.17, 15) is 4.79 Å². The van der Waals surface area contributed by atoms with Crippen LogP contribution in [0.15, 0.2) is 47.0 Å². The maximum Gasteiger partial charge on any atom is 0.278 e. The Morgan fingerprint density at radius 1 is 1.15 bits per heavy atom. The van der Waals surface area contributed by atoms with Crippen molar-refractivity contribution in [2.75, 3.05) is 5.32 Å². The third-order valence-corrected chi connectivity index (χ3v) is 4.50. The predicted molar refractivity (Wildman–Crippen MR) is 101 cm³/mol. The molecule has 0 aliphatic carbocycles. The van der Waals surface area contributed by atoms with E-state index in [1.54, 1.807) is 31.2 Å². The number of nitrogens with zero attached hydrogens (tertiary/aromatic N) is 1. The number of aryl methyl sites for hydroxylation is 2. The summed E-state index contributed by atoms with van der Waals surface area (Å²) in [6.07, 6.45) is 0. The van der Waals surface area contributed by atoms with Crippen molar-refractivity contribution in [3.8, 4) is 5.75 Å². The van der Waals surface area contributed by atoms with E-state index in [0.29, 0.717) is 22.1 Å². The molecule has 0 atom stereocenters. The van der Waals surface area contributed by atoms with Crippen LogP contribution in [0.1, 0.15) is 32.9 Å². The lowest BCUT2D eigenvalue weighted by Gasteiger charge is -2.10. The van der Waals surface area contributed by atoms with E-state index >= 15 is 0 Å². The highest BCUT2D eigenvalue weighted by atomic mass is 35.5. The molecule has 1 N–H and O–H groups in total. The topological polar surface area (TPSA) is 64.4 Å². The van der Waals surface area contributed by atoms with Crippen molar-refractivity contribution in [1.82, 2.24) is 5.16 Å². The first kappa shape index (κ1) is 18.0. The number of carbonyl (C=O) groups excluding carboxylic acids is 1. The molecule has 0 aliphatic rings. The number of rotatable bonds is 5. The molecule has 0 spiro atoms. The molecule has 2 aromatic carbocycles. The van der Waals surface area contributed by atoms with E-state index in [2.05, 4.69) is 10.5 Å². The van der Waals surface area contributed by atoms with Crippen molar-refractivity contribution in [2.24, 2.45) is 0 Å². The summed E-state index contributed by atoms with van der Waals surface area (Å²) < 4.78 is 10.9. The van der Waals surface area contributed by atoms with Crippen LogP contribution < -0.4 is 10.1 Å². The first-order valence-electron chi connectivity index (χ1n) is 8.17. The maximum absolute atomic E-state index is 12.7. The number of benzene rings is 2. The zero-order valence-corrected chi connectivity index (χ0v) is 15.6. The summed E-state index contributed by atoms with van der Waals surface area (Å²) in [5, 5.41) is 7.43. The van der Waals surface area contributed by atoms with E-state index in [4.69, 9.17) is 20.9 Å². The Labute approximate surface area is 156 Å². The Kier molecular flexibility index (Phi) is 5.28. The van der Waals surface area contributed by atoms with Crippen molar-refractivity contribution in [3.63, 3.8) is 0 Å². The van der Waals surface area contributed by atoms with Gasteiger partial charge in [-0.3, -0.25) is 4.79 Å². The second-order valence-corrected chi connectivity index (χ2v) is 6.45. The second kappa shape index (κ2) is 7.62. The average molecular weight is 371 g/mol. The van der Waals surface area contributed by atoms with Crippen LogP contribution in [0, 0.1) is 20.8 Å². The van der Waals surface area contributed by atoms with Crippen LogP contribution in [0.3, 0.4) is 0 Å². The molecular formula is C20H19ClN2O3. The number of nitrogens with one attached hydrogen (secondary N) is 1. The smallest absolute Gasteiger partial charge is 0.278 e. The van der Waals surface area contributed by atoms with Crippen LogP contribution in [0.5, 0.6) is 5.75 Å². The highest BCUT2D eigenvalue weighted by Gasteiger charge is 2.21. The van der Waals surface area contributed by atoms with Gasteiger partial charge in [-0.15, -0.1) is 0 Å². The number of hydrogen-bond donors (Lipinski definition) is 1. The van der Waals surface area contributed by atoms with E-state index in [0.717, 1.165) is 16.8 Å². The van der Waals surface area contributed by atoms with Gasteiger partial charge in [0.1, 0.15) is 18.1 Å². The first-order valence-corrected chi connectivity index (χ1v) is 8.54. The zero-order valence-electron chi connectivity index (χ0n) is 14.8. The highest BCUT2D eigenvalue weighted by Crippen LogP contribution is 2.22. The van der Waals surface area contributed by atoms with Gasteiger partial charge in [-0.2, -0.15) is 0 Å². The van der Waals surface area contributed by atoms with Crippen LogP contribution in [-0.4, -0.2) is 11.1 Å². The van der Waals surface area contributed by atoms with Gasteiger partial charge < -0.3 is 14.6 Å². The fourth-order valence-electron chi connectivity index (χ4n) is 2.49. The molecule has 3 aromatic rings. The number of anilines is 1. The third-order valence-electron chi connectivity index (χ3n) is 4.25. The third kappa shape index (κ3) is 3.89. The molecule has 0 radical (unpaired) electrons. The Balaban J connectivity index is 1.77. The van der Waals surface area contributed by atoms with Gasteiger partial charge in [0.15, 0.2) is 5.69 Å². The molecule has 1 aromatic heterocycles. The van der Waals surface area contributed by atoms with E-state index in [1.807, 2.05) is 32.0 Å². The van der Waals surface area contributed by atoms with Gasteiger partial charge in [0.05, 0.1) is 5.56 Å². The van der Waals surface area contributed by atoms with Gasteiger partial charge >= 0.3 is 0 Å². The van der Waals surface area contributed by atoms with Gasteiger partial charge in [-0.1, -0.05) is 28.9 Å². The van der Waals surface area contributed by atoms with Crippen molar-refractivity contribution in [2.45, 2.75) is 27.4 Å². The van der Waals surface area contributed by atoms with Crippen molar-refractivity contribution in [3.05, 3.63) is 75.6 Å². The largest absolute Gasteiger partial charge is 0.489 e. The molecule has 0 fully saturated rings. The zero-order chi connectivity index (χ0) is 18.7. The molecule has 0 saturated carbocycles. The van der Waals surface area contributed by atoms with E-state index < -0.39 is 0 Å². The molecular weight excluding hydrogens is 352 g/mol. The summed E-state index contributed by atoms with van der Waals surface area (Å²) in [5.41, 5.74) is 3.70. The number of carbonyl (C=O) groups is 1. The fraction of sp³-hybridized carbons (Fsp3) is 0.200. The molecule has 5 nitrogen and oxygen atoms in total. The Hall–Kier alpha value is -2.79. The highest BCUT2D eigenvalue weighted by molar-refractivity contribution is 6.30. The molecule has 134 valence electrons. The van der Waals surface area contributed by atoms with Crippen LogP contribution in [-0.2, 0) is 6.61 Å². The molecule has 0 saturated heterocycles. The number of aromatic nitrogens is 1. The predicted octanol–water partition coefficient (Wildman–Crippen LogP) is 5.08. The van der Waals surface area contributed by atoms with E-state index in [-0.39, 0.29) is 18.2 Å². The van der Waals surface area contributed by atoms with Crippen molar-refractivity contribution in [1.29, 1.82) is 0 Å². The van der Waals surface area contributed by atoms with Gasteiger partial charge in [0.2, 0.25) is 0 Å². The Morgan fingerprint density at radius 2 is 1.88 bits per heavy atom. The van der Waals surface area contributed by atoms with Crippen LogP contribution >= 0.6 is 11.6 Å². The molecule has 3 rings (SSSR count). The van der Waals surface area contributed by atoms with Gasteiger partial charge in [-0.25, -0.2) is 0 Å². The SMILES string of the molecule is Cc1cccc(NC(=O)c2noc(C)c2COc2ccc(Cl)cc2)c1C. The molecule has 1 amide bonds. The summed E-state index contributed by atoms with van der Waals surface area (Å²) in [6, 6.07) is 12.8. The standard InChI is InChI=1S/C20H19ClN2O3/c1-12-5-4-6-18(13(12)2)22-20(24)19-17(14(3)26-23-19)11-25-16-9-7-15(21)8-10-16/h4-10H,11H2,1-3H3,(H,22,24). The van der Waals surface area contributed by atoms with Crippen LogP contribution in [0.2, 0.25) is 5.02 Å². The number of amides is 1. The molecule has 6 heteroatoms. The monoisotopic (exact) mass is 370 g/mol. The number of ether oxygens (including phenoxy) is 1. The average Bonchev–Trinajstić information content (AvgIpc) is 2.99. The number of halogens is 1. The summed E-state index contributed by atoms with van der Waals surface area (Å²) in [5.74, 6) is 0.867. The van der Waals surface area contributed by atoms with Gasteiger partial charge in [-0.05, 0) is 62.2 Å². The lowest BCUT2D eigenvalue weighted by atomic mass is 10.1. The molecule has 0 bridgehead atoms. The van der Waals surface area contributed by atoms with E-state index in [1.165, 1.54) is 0 Å².